The molecule has 1 fully saturated rings. The van der Waals surface area contributed by atoms with Crippen LogP contribution >= 0.6 is 0 Å². The van der Waals surface area contributed by atoms with Gasteiger partial charge in [0.15, 0.2) is 0 Å². The molecule has 1 heterocycles. The van der Waals surface area contributed by atoms with E-state index >= 15 is 0 Å². The predicted octanol–water partition coefficient (Wildman–Crippen LogP) is 2.90. The van der Waals surface area contributed by atoms with Gasteiger partial charge in [0.25, 0.3) is 0 Å². The zero-order chi connectivity index (χ0) is 13.4. The normalized spacial score (nSPS) is 22.1. The first-order valence-electron chi connectivity index (χ1n) is 6.96. The third-order valence-electron chi connectivity index (χ3n) is 4.15. The van der Waals surface area contributed by atoms with Gasteiger partial charge in [0.2, 0.25) is 0 Å². The van der Waals surface area contributed by atoms with E-state index in [1.54, 1.807) is 0 Å². The van der Waals surface area contributed by atoms with Crippen molar-refractivity contribution in [3.8, 4) is 0 Å². The summed E-state index contributed by atoms with van der Waals surface area (Å²) in [4.78, 5) is 6.89. The topological polar surface area (TPSA) is 42.1 Å². The van der Waals surface area contributed by atoms with Crippen LogP contribution < -0.4 is 5.73 Å². The number of rotatable bonds is 4. The van der Waals surface area contributed by atoms with Crippen molar-refractivity contribution >= 4 is 16.6 Å². The Kier molecular flexibility index (Phi) is 3.15. The van der Waals surface area contributed by atoms with E-state index in [0.717, 1.165) is 35.0 Å². The SMILES string of the molecule is CC1CC1CN(C)Cc1ccc(N)c2cccnc12. The van der Waals surface area contributed by atoms with Gasteiger partial charge in [0, 0.05) is 30.4 Å². The number of nitrogens with zero attached hydrogens (tertiary/aromatic N) is 2. The maximum absolute atomic E-state index is 6.01. The molecule has 1 aromatic heterocycles. The summed E-state index contributed by atoms with van der Waals surface area (Å²) in [6.45, 7) is 4.45. The van der Waals surface area contributed by atoms with Crippen molar-refractivity contribution in [2.45, 2.75) is 19.9 Å². The van der Waals surface area contributed by atoms with Gasteiger partial charge in [-0.15, -0.1) is 0 Å². The highest BCUT2D eigenvalue weighted by atomic mass is 15.1. The van der Waals surface area contributed by atoms with Crippen LogP contribution in [0.4, 0.5) is 5.69 Å². The van der Waals surface area contributed by atoms with E-state index in [1.807, 2.05) is 24.4 Å². The summed E-state index contributed by atoms with van der Waals surface area (Å²) in [5.74, 6) is 1.79. The highest BCUT2D eigenvalue weighted by Crippen LogP contribution is 2.38. The average Bonchev–Trinajstić information content (AvgIpc) is 3.08. The van der Waals surface area contributed by atoms with Crippen molar-refractivity contribution in [3.05, 3.63) is 36.0 Å². The van der Waals surface area contributed by atoms with Crippen LogP contribution in [0.3, 0.4) is 0 Å². The molecule has 1 saturated carbocycles. The Balaban J connectivity index is 1.82. The fraction of sp³-hybridized carbons (Fsp3) is 0.438. The molecule has 2 atom stereocenters. The van der Waals surface area contributed by atoms with E-state index in [1.165, 1.54) is 18.5 Å². The summed E-state index contributed by atoms with van der Waals surface area (Å²) in [5, 5.41) is 1.06. The van der Waals surface area contributed by atoms with Crippen LogP contribution in [0, 0.1) is 11.8 Å². The molecule has 0 saturated heterocycles. The highest BCUT2D eigenvalue weighted by Gasteiger charge is 2.33. The van der Waals surface area contributed by atoms with Crippen molar-refractivity contribution in [3.63, 3.8) is 0 Å². The Hall–Kier alpha value is -1.61. The molecule has 0 bridgehead atoms. The van der Waals surface area contributed by atoms with Crippen LogP contribution in [-0.2, 0) is 6.54 Å². The third-order valence-corrected chi connectivity index (χ3v) is 4.15. The lowest BCUT2D eigenvalue weighted by Gasteiger charge is -2.18. The predicted molar refractivity (Wildman–Crippen MR) is 79.8 cm³/mol. The lowest BCUT2D eigenvalue weighted by Crippen LogP contribution is -2.21. The van der Waals surface area contributed by atoms with Crippen LogP contribution in [-0.4, -0.2) is 23.5 Å². The molecule has 2 unspecified atom stereocenters. The molecule has 3 rings (SSSR count). The van der Waals surface area contributed by atoms with Crippen LogP contribution in [0.2, 0.25) is 0 Å². The monoisotopic (exact) mass is 255 g/mol. The molecule has 19 heavy (non-hydrogen) atoms. The zero-order valence-electron chi connectivity index (χ0n) is 11.6. The summed E-state index contributed by atoms with van der Waals surface area (Å²) in [6, 6.07) is 8.09. The number of nitrogens with two attached hydrogens (primary N) is 1. The minimum absolute atomic E-state index is 0.810. The number of fused-ring (bicyclic) bond motifs is 1. The van der Waals surface area contributed by atoms with Crippen LogP contribution in [0.5, 0.6) is 0 Å². The Labute approximate surface area is 114 Å². The van der Waals surface area contributed by atoms with Crippen molar-refractivity contribution in [2.24, 2.45) is 11.8 Å². The van der Waals surface area contributed by atoms with Crippen molar-refractivity contribution in [2.75, 3.05) is 19.3 Å². The fourth-order valence-electron chi connectivity index (χ4n) is 2.79. The van der Waals surface area contributed by atoms with Gasteiger partial charge in [-0.05, 0) is 49.1 Å². The maximum Gasteiger partial charge on any atom is 0.0767 e. The number of anilines is 1. The molecule has 1 aliphatic rings. The summed E-state index contributed by atoms with van der Waals surface area (Å²) < 4.78 is 0. The molecule has 0 aliphatic heterocycles. The van der Waals surface area contributed by atoms with Gasteiger partial charge < -0.3 is 10.6 Å². The number of hydrogen-bond acceptors (Lipinski definition) is 3. The average molecular weight is 255 g/mol. The third kappa shape index (κ3) is 2.56. The molecule has 2 aromatic rings. The molecule has 0 amide bonds. The molecular weight excluding hydrogens is 234 g/mol. The number of nitrogen functional groups attached to an aromatic ring is 1. The smallest absolute Gasteiger partial charge is 0.0767 e. The van der Waals surface area contributed by atoms with Crippen molar-refractivity contribution in [1.29, 1.82) is 0 Å². The molecule has 3 nitrogen and oxygen atoms in total. The summed E-state index contributed by atoms with van der Waals surface area (Å²) in [6.07, 6.45) is 3.22. The molecular formula is C16H21N3. The number of aromatic nitrogens is 1. The Morgan fingerprint density at radius 1 is 1.37 bits per heavy atom. The van der Waals surface area contributed by atoms with E-state index in [0.29, 0.717) is 0 Å². The molecule has 1 aliphatic carbocycles. The fourth-order valence-corrected chi connectivity index (χ4v) is 2.79. The van der Waals surface area contributed by atoms with Crippen LogP contribution in [0.25, 0.3) is 10.9 Å². The largest absolute Gasteiger partial charge is 0.398 e. The van der Waals surface area contributed by atoms with E-state index < -0.39 is 0 Å². The quantitative estimate of drug-likeness (QED) is 0.854. The second kappa shape index (κ2) is 4.82. The highest BCUT2D eigenvalue weighted by molar-refractivity contribution is 5.92. The lowest BCUT2D eigenvalue weighted by molar-refractivity contribution is 0.308. The molecule has 0 spiro atoms. The molecule has 3 heteroatoms. The first-order valence-corrected chi connectivity index (χ1v) is 6.96. The minimum Gasteiger partial charge on any atom is -0.398 e. The number of benzene rings is 1. The van der Waals surface area contributed by atoms with Gasteiger partial charge in [-0.25, -0.2) is 0 Å². The van der Waals surface area contributed by atoms with E-state index in [2.05, 4.69) is 29.9 Å². The lowest BCUT2D eigenvalue weighted by atomic mass is 10.1. The standard InChI is InChI=1S/C16H21N3/c1-11-8-13(11)10-19(2)9-12-5-6-15(17)14-4-3-7-18-16(12)14/h3-7,11,13H,8-10,17H2,1-2H3. The first-order chi connectivity index (χ1) is 9.15. The zero-order valence-corrected chi connectivity index (χ0v) is 11.6. The van der Waals surface area contributed by atoms with E-state index in [4.69, 9.17) is 5.73 Å². The Bertz CT molecular complexity index is 594. The van der Waals surface area contributed by atoms with Gasteiger partial charge in [-0.3, -0.25) is 4.98 Å². The molecule has 1 aromatic carbocycles. The Morgan fingerprint density at radius 2 is 2.16 bits per heavy atom. The second-order valence-corrected chi connectivity index (χ2v) is 5.88. The molecule has 0 radical (unpaired) electrons. The minimum atomic E-state index is 0.810. The number of pyridine rings is 1. The maximum atomic E-state index is 6.01. The van der Waals surface area contributed by atoms with Crippen molar-refractivity contribution < 1.29 is 0 Å². The Morgan fingerprint density at radius 3 is 2.89 bits per heavy atom. The van der Waals surface area contributed by atoms with Gasteiger partial charge in [0.05, 0.1) is 5.52 Å². The summed E-state index contributed by atoms with van der Waals surface area (Å²) in [5.41, 5.74) is 9.13. The van der Waals surface area contributed by atoms with Crippen LogP contribution in [0.1, 0.15) is 18.9 Å². The summed E-state index contributed by atoms with van der Waals surface area (Å²) >= 11 is 0. The van der Waals surface area contributed by atoms with Gasteiger partial charge in [-0.2, -0.15) is 0 Å². The van der Waals surface area contributed by atoms with E-state index in [9.17, 15) is 0 Å². The molecule has 100 valence electrons. The second-order valence-electron chi connectivity index (χ2n) is 5.88. The van der Waals surface area contributed by atoms with Crippen molar-refractivity contribution in [1.82, 2.24) is 9.88 Å². The van der Waals surface area contributed by atoms with Crippen LogP contribution in [0.15, 0.2) is 30.5 Å². The number of hydrogen-bond donors (Lipinski definition) is 1. The first kappa shape index (κ1) is 12.4. The molecule has 2 N–H and O–H groups in total. The van der Waals surface area contributed by atoms with Gasteiger partial charge in [-0.1, -0.05) is 13.0 Å². The van der Waals surface area contributed by atoms with Gasteiger partial charge >= 0.3 is 0 Å². The van der Waals surface area contributed by atoms with Gasteiger partial charge in [0.1, 0.15) is 0 Å². The summed E-state index contributed by atoms with van der Waals surface area (Å²) in [7, 11) is 2.19. The van der Waals surface area contributed by atoms with E-state index in [-0.39, 0.29) is 0 Å².